The predicted molar refractivity (Wildman–Crippen MR) is 70.4 cm³/mol. The molecular formula is C10H11BrN4OS. The van der Waals surface area contributed by atoms with Gasteiger partial charge in [0.2, 0.25) is 5.95 Å². The highest BCUT2D eigenvalue weighted by atomic mass is 79.9. The molecule has 0 aliphatic heterocycles. The van der Waals surface area contributed by atoms with Gasteiger partial charge in [0.15, 0.2) is 0 Å². The summed E-state index contributed by atoms with van der Waals surface area (Å²) in [5.74, 6) is 0.289. The first kappa shape index (κ1) is 12.3. The van der Waals surface area contributed by atoms with Crippen molar-refractivity contribution in [2.75, 3.05) is 5.32 Å². The van der Waals surface area contributed by atoms with Crippen molar-refractivity contribution in [2.45, 2.75) is 20.4 Å². The van der Waals surface area contributed by atoms with E-state index < -0.39 is 0 Å². The Morgan fingerprint density at radius 1 is 1.65 bits per heavy atom. The molecular weight excluding hydrogens is 304 g/mol. The summed E-state index contributed by atoms with van der Waals surface area (Å²) in [5.41, 5.74) is 0.623. The number of amides is 1. The topological polar surface area (TPSA) is 59.8 Å². The standard InChI is InChI=1S/C10H11BrN4OS/c1-3-15-5-12-14-10(15)13-9(16)7-4-6(2)17-8(7)11/h4-5H,3H2,1-2H3,(H,13,14,16). The lowest BCUT2D eigenvalue weighted by molar-refractivity contribution is 0.102. The van der Waals surface area contributed by atoms with Gasteiger partial charge in [-0.1, -0.05) is 0 Å². The molecule has 7 heteroatoms. The number of nitrogens with one attached hydrogen (secondary N) is 1. The number of aromatic nitrogens is 3. The summed E-state index contributed by atoms with van der Waals surface area (Å²) in [6.45, 7) is 4.64. The number of anilines is 1. The normalized spacial score (nSPS) is 10.5. The summed E-state index contributed by atoms with van der Waals surface area (Å²) < 4.78 is 2.60. The second-order valence-electron chi connectivity index (χ2n) is 3.44. The van der Waals surface area contributed by atoms with Gasteiger partial charge in [-0.3, -0.25) is 14.7 Å². The smallest absolute Gasteiger partial charge is 0.260 e. The van der Waals surface area contributed by atoms with Crippen LogP contribution in [0.2, 0.25) is 0 Å². The first-order chi connectivity index (χ1) is 8.11. The van der Waals surface area contributed by atoms with E-state index in [4.69, 9.17) is 0 Å². The summed E-state index contributed by atoms with van der Waals surface area (Å²) >= 11 is 4.91. The van der Waals surface area contributed by atoms with Crippen LogP contribution in [-0.2, 0) is 6.54 Å². The van der Waals surface area contributed by atoms with E-state index in [1.807, 2.05) is 19.9 Å². The van der Waals surface area contributed by atoms with Crippen molar-refractivity contribution in [3.05, 3.63) is 26.6 Å². The molecule has 0 unspecified atom stereocenters. The molecule has 2 aromatic heterocycles. The van der Waals surface area contributed by atoms with E-state index in [2.05, 4.69) is 31.4 Å². The number of nitrogens with zero attached hydrogens (tertiary/aromatic N) is 3. The Balaban J connectivity index is 2.20. The highest BCUT2D eigenvalue weighted by Gasteiger charge is 2.15. The van der Waals surface area contributed by atoms with Gasteiger partial charge in [-0.15, -0.1) is 21.5 Å². The van der Waals surface area contributed by atoms with E-state index in [1.165, 1.54) is 11.3 Å². The summed E-state index contributed by atoms with van der Waals surface area (Å²) in [5, 5.41) is 10.4. The summed E-state index contributed by atoms with van der Waals surface area (Å²) in [7, 11) is 0. The van der Waals surface area contributed by atoms with Gasteiger partial charge in [-0.05, 0) is 35.8 Å². The zero-order chi connectivity index (χ0) is 12.4. The quantitative estimate of drug-likeness (QED) is 0.947. The maximum absolute atomic E-state index is 12.0. The SMILES string of the molecule is CCn1cnnc1NC(=O)c1cc(C)sc1Br. The van der Waals surface area contributed by atoms with Crippen LogP contribution in [0.4, 0.5) is 5.95 Å². The second kappa shape index (κ2) is 4.97. The Hall–Kier alpha value is -1.21. The second-order valence-corrected chi connectivity index (χ2v) is 6.01. The molecule has 0 saturated heterocycles. The molecule has 0 aliphatic rings. The predicted octanol–water partition coefficient (Wildman–Crippen LogP) is 2.68. The summed E-state index contributed by atoms with van der Waals surface area (Å²) in [6, 6.07) is 1.84. The molecule has 0 aliphatic carbocycles. The van der Waals surface area contributed by atoms with Gasteiger partial charge < -0.3 is 0 Å². The molecule has 17 heavy (non-hydrogen) atoms. The lowest BCUT2D eigenvalue weighted by Gasteiger charge is -2.04. The molecule has 5 nitrogen and oxygen atoms in total. The molecule has 1 N–H and O–H groups in total. The van der Waals surface area contributed by atoms with Crippen LogP contribution in [0, 0.1) is 6.92 Å². The first-order valence-corrected chi connectivity index (χ1v) is 6.68. The van der Waals surface area contributed by atoms with E-state index in [0.29, 0.717) is 18.1 Å². The molecule has 0 radical (unpaired) electrons. The Labute approximate surface area is 111 Å². The average Bonchev–Trinajstić information content (AvgIpc) is 2.84. The van der Waals surface area contributed by atoms with Crippen molar-refractivity contribution in [3.8, 4) is 0 Å². The van der Waals surface area contributed by atoms with Crippen LogP contribution < -0.4 is 5.32 Å². The van der Waals surface area contributed by atoms with Crippen LogP contribution in [0.5, 0.6) is 0 Å². The third-order valence-corrected chi connectivity index (χ3v) is 3.99. The minimum atomic E-state index is -0.177. The number of rotatable bonds is 3. The molecule has 1 amide bonds. The van der Waals surface area contributed by atoms with Gasteiger partial charge in [0.25, 0.3) is 5.91 Å². The third-order valence-electron chi connectivity index (χ3n) is 2.24. The van der Waals surface area contributed by atoms with Crippen molar-refractivity contribution < 1.29 is 4.79 Å². The molecule has 2 aromatic rings. The van der Waals surface area contributed by atoms with Gasteiger partial charge in [0, 0.05) is 11.4 Å². The molecule has 0 bridgehead atoms. The Kier molecular flexibility index (Phi) is 3.58. The molecule has 2 heterocycles. The van der Waals surface area contributed by atoms with Crippen LogP contribution in [0.3, 0.4) is 0 Å². The van der Waals surface area contributed by atoms with Gasteiger partial charge in [0.1, 0.15) is 6.33 Å². The first-order valence-electron chi connectivity index (χ1n) is 5.07. The Morgan fingerprint density at radius 3 is 3.00 bits per heavy atom. The van der Waals surface area contributed by atoms with Crippen molar-refractivity contribution in [1.82, 2.24) is 14.8 Å². The van der Waals surface area contributed by atoms with Crippen molar-refractivity contribution >= 4 is 39.1 Å². The van der Waals surface area contributed by atoms with E-state index in [-0.39, 0.29) is 5.91 Å². The summed E-state index contributed by atoms with van der Waals surface area (Å²) in [4.78, 5) is 13.1. The van der Waals surface area contributed by atoms with E-state index in [0.717, 1.165) is 8.66 Å². The molecule has 0 atom stereocenters. The molecule has 0 fully saturated rings. The highest BCUT2D eigenvalue weighted by Crippen LogP contribution is 2.27. The number of carbonyl (C=O) groups is 1. The van der Waals surface area contributed by atoms with Crippen LogP contribution >= 0.6 is 27.3 Å². The highest BCUT2D eigenvalue weighted by molar-refractivity contribution is 9.11. The minimum absolute atomic E-state index is 0.177. The van der Waals surface area contributed by atoms with Gasteiger partial charge in [0.05, 0.1) is 9.35 Å². The number of carbonyl (C=O) groups excluding carboxylic acids is 1. The summed E-state index contributed by atoms with van der Waals surface area (Å²) in [6.07, 6.45) is 1.59. The number of thiophene rings is 1. The lowest BCUT2D eigenvalue weighted by Crippen LogP contribution is -2.15. The largest absolute Gasteiger partial charge is 0.300 e. The van der Waals surface area contributed by atoms with E-state index in [9.17, 15) is 4.79 Å². The van der Waals surface area contributed by atoms with Gasteiger partial charge >= 0.3 is 0 Å². The number of halogens is 1. The third kappa shape index (κ3) is 2.55. The van der Waals surface area contributed by atoms with Crippen LogP contribution in [0.25, 0.3) is 0 Å². The zero-order valence-corrected chi connectivity index (χ0v) is 11.8. The van der Waals surface area contributed by atoms with Gasteiger partial charge in [-0.25, -0.2) is 0 Å². The Bertz CT molecular complexity index is 548. The minimum Gasteiger partial charge on any atom is -0.300 e. The fourth-order valence-corrected chi connectivity index (χ4v) is 3.17. The number of aryl methyl sites for hydroxylation is 2. The fraction of sp³-hybridized carbons (Fsp3) is 0.300. The molecule has 0 spiro atoms. The maximum Gasteiger partial charge on any atom is 0.260 e. The van der Waals surface area contributed by atoms with Crippen LogP contribution in [0.1, 0.15) is 22.2 Å². The van der Waals surface area contributed by atoms with Crippen molar-refractivity contribution in [3.63, 3.8) is 0 Å². The maximum atomic E-state index is 12.0. The van der Waals surface area contributed by atoms with Crippen molar-refractivity contribution in [1.29, 1.82) is 0 Å². The number of hydrogen-bond donors (Lipinski definition) is 1. The Morgan fingerprint density at radius 2 is 2.41 bits per heavy atom. The molecule has 0 aromatic carbocycles. The van der Waals surface area contributed by atoms with Crippen LogP contribution in [0.15, 0.2) is 16.2 Å². The zero-order valence-electron chi connectivity index (χ0n) is 9.40. The fourth-order valence-electron chi connectivity index (χ4n) is 1.39. The van der Waals surface area contributed by atoms with Gasteiger partial charge in [-0.2, -0.15) is 0 Å². The number of hydrogen-bond acceptors (Lipinski definition) is 4. The monoisotopic (exact) mass is 314 g/mol. The molecule has 90 valence electrons. The van der Waals surface area contributed by atoms with Crippen molar-refractivity contribution in [2.24, 2.45) is 0 Å². The van der Waals surface area contributed by atoms with E-state index >= 15 is 0 Å². The lowest BCUT2D eigenvalue weighted by atomic mass is 10.3. The molecule has 2 rings (SSSR count). The average molecular weight is 315 g/mol. The van der Waals surface area contributed by atoms with E-state index in [1.54, 1.807) is 10.9 Å². The molecule has 0 saturated carbocycles. The van der Waals surface area contributed by atoms with Crippen LogP contribution in [-0.4, -0.2) is 20.7 Å².